The van der Waals surface area contributed by atoms with Gasteiger partial charge in [-0.15, -0.1) is 11.3 Å². The Kier molecular flexibility index (Phi) is 4.83. The van der Waals surface area contributed by atoms with Gasteiger partial charge in [-0.25, -0.2) is 13.1 Å². The van der Waals surface area contributed by atoms with Crippen LogP contribution in [0, 0.1) is 5.41 Å². The van der Waals surface area contributed by atoms with E-state index in [1.54, 1.807) is 6.07 Å². The average Bonchev–Trinajstić information content (AvgIpc) is 2.88. The fraction of sp³-hybridized carbons (Fsp3) is 0.733. The van der Waals surface area contributed by atoms with Crippen LogP contribution in [0.15, 0.2) is 16.3 Å². The minimum absolute atomic E-state index is 0.0144. The van der Waals surface area contributed by atoms with Gasteiger partial charge in [-0.05, 0) is 48.9 Å². The minimum atomic E-state index is -3.39. The molecule has 0 aromatic carbocycles. The second kappa shape index (κ2) is 5.99. The fourth-order valence-corrected chi connectivity index (χ4v) is 5.02. The highest BCUT2D eigenvalue weighted by Gasteiger charge is 2.29. The van der Waals surface area contributed by atoms with Crippen molar-refractivity contribution in [3.63, 3.8) is 0 Å². The van der Waals surface area contributed by atoms with Crippen molar-refractivity contribution in [3.8, 4) is 0 Å². The molecule has 120 valence electrons. The molecule has 1 saturated heterocycles. The first kappa shape index (κ1) is 16.9. The van der Waals surface area contributed by atoms with E-state index in [1.807, 2.05) is 6.07 Å². The summed E-state index contributed by atoms with van der Waals surface area (Å²) in [4.78, 5) is 1.09. The van der Waals surface area contributed by atoms with Crippen LogP contribution in [0.5, 0.6) is 0 Å². The molecule has 4 nitrogen and oxygen atoms in total. The third kappa shape index (κ3) is 4.28. The Hall–Kier alpha value is -0.430. The largest absolute Gasteiger partial charge is 0.317 e. The van der Waals surface area contributed by atoms with E-state index in [0.29, 0.717) is 10.8 Å². The highest BCUT2D eigenvalue weighted by Crippen LogP contribution is 2.32. The van der Waals surface area contributed by atoms with Gasteiger partial charge in [0.05, 0.1) is 0 Å². The summed E-state index contributed by atoms with van der Waals surface area (Å²) in [7, 11) is -3.39. The van der Waals surface area contributed by atoms with Gasteiger partial charge in [-0.3, -0.25) is 0 Å². The summed E-state index contributed by atoms with van der Waals surface area (Å²) in [6, 6.07) is 3.64. The van der Waals surface area contributed by atoms with E-state index in [9.17, 15) is 8.42 Å². The lowest BCUT2D eigenvalue weighted by atomic mass is 9.81. The predicted octanol–water partition coefficient (Wildman–Crippen LogP) is 2.71. The Morgan fingerprint density at radius 3 is 2.43 bits per heavy atom. The lowest BCUT2D eigenvalue weighted by Gasteiger charge is -2.33. The molecule has 1 aromatic heterocycles. The fourth-order valence-electron chi connectivity index (χ4n) is 2.42. The van der Waals surface area contributed by atoms with Crippen LogP contribution >= 0.6 is 11.3 Å². The Morgan fingerprint density at radius 1 is 1.29 bits per heavy atom. The summed E-state index contributed by atoms with van der Waals surface area (Å²) in [5.41, 5.74) is 0.0435. The van der Waals surface area contributed by atoms with Gasteiger partial charge in [-0.1, -0.05) is 27.7 Å². The number of hydrogen-bond acceptors (Lipinski definition) is 4. The van der Waals surface area contributed by atoms with Gasteiger partial charge in [0.2, 0.25) is 10.0 Å². The lowest BCUT2D eigenvalue weighted by Crippen LogP contribution is -2.42. The molecule has 2 N–H and O–H groups in total. The molecule has 6 heteroatoms. The minimum Gasteiger partial charge on any atom is -0.317 e. The Morgan fingerprint density at radius 2 is 1.90 bits per heavy atom. The first-order chi connectivity index (χ1) is 9.62. The van der Waals surface area contributed by atoms with Crippen LogP contribution in [0.2, 0.25) is 0 Å². The summed E-state index contributed by atoms with van der Waals surface area (Å²) in [6.07, 6.45) is 2.01. The van der Waals surface area contributed by atoms with E-state index in [1.165, 1.54) is 11.3 Å². The van der Waals surface area contributed by atoms with Crippen molar-refractivity contribution in [2.24, 2.45) is 5.41 Å². The van der Waals surface area contributed by atoms with Crippen molar-refractivity contribution in [1.29, 1.82) is 0 Å². The number of sulfonamides is 1. The molecule has 1 aromatic rings. The molecule has 21 heavy (non-hydrogen) atoms. The molecular formula is C15H26N2O2S2. The van der Waals surface area contributed by atoms with E-state index < -0.39 is 10.0 Å². The molecule has 2 heterocycles. The number of thiophene rings is 1. The van der Waals surface area contributed by atoms with Gasteiger partial charge in [0.1, 0.15) is 4.21 Å². The maximum absolute atomic E-state index is 12.4. The van der Waals surface area contributed by atoms with Gasteiger partial charge in [0.15, 0.2) is 0 Å². The normalized spacial score (nSPS) is 19.6. The molecule has 0 bridgehead atoms. The topological polar surface area (TPSA) is 58.2 Å². The smallest absolute Gasteiger partial charge is 0.250 e. The molecule has 0 amide bonds. The molecule has 0 atom stereocenters. The van der Waals surface area contributed by atoms with E-state index in [2.05, 4.69) is 37.7 Å². The highest BCUT2D eigenvalue weighted by molar-refractivity contribution is 7.91. The van der Waals surface area contributed by atoms with Crippen molar-refractivity contribution in [3.05, 3.63) is 17.0 Å². The Balaban J connectivity index is 2.06. The monoisotopic (exact) mass is 330 g/mol. The van der Waals surface area contributed by atoms with Gasteiger partial charge >= 0.3 is 0 Å². The first-order valence-electron chi connectivity index (χ1n) is 7.43. The van der Waals surface area contributed by atoms with Crippen LogP contribution < -0.4 is 10.0 Å². The highest BCUT2D eigenvalue weighted by atomic mass is 32.2. The maximum atomic E-state index is 12.4. The molecule has 1 fully saturated rings. The number of piperidine rings is 1. The van der Waals surface area contributed by atoms with Crippen molar-refractivity contribution in [1.82, 2.24) is 10.0 Å². The molecule has 2 rings (SSSR count). The first-order valence-corrected chi connectivity index (χ1v) is 9.73. The molecule has 0 unspecified atom stereocenters. The van der Waals surface area contributed by atoms with Gasteiger partial charge in [0.25, 0.3) is 0 Å². The van der Waals surface area contributed by atoms with E-state index >= 15 is 0 Å². The van der Waals surface area contributed by atoms with E-state index in [4.69, 9.17) is 0 Å². The molecule has 0 saturated carbocycles. The molecule has 1 aliphatic rings. The molecule has 0 aliphatic carbocycles. The summed E-state index contributed by atoms with van der Waals surface area (Å²) in [5, 5.41) is 3.31. The maximum Gasteiger partial charge on any atom is 0.250 e. The SMILES string of the molecule is CC1(CNS(=O)(=O)c2ccc(C(C)(C)C)s2)CCNCC1. The second-order valence-electron chi connectivity index (χ2n) is 7.25. The van der Waals surface area contributed by atoms with Crippen LogP contribution in [-0.2, 0) is 15.4 Å². The quantitative estimate of drug-likeness (QED) is 0.892. The standard InChI is InChI=1S/C15H26N2O2S2/c1-14(2,3)12-5-6-13(20-12)21(18,19)17-11-15(4)7-9-16-10-8-15/h5-6,16-17H,7-11H2,1-4H3. The van der Waals surface area contributed by atoms with Crippen molar-refractivity contribution < 1.29 is 8.42 Å². The van der Waals surface area contributed by atoms with Crippen LogP contribution in [-0.4, -0.2) is 28.1 Å². The van der Waals surface area contributed by atoms with Crippen molar-refractivity contribution in [2.75, 3.05) is 19.6 Å². The number of hydrogen-bond donors (Lipinski definition) is 2. The van der Waals surface area contributed by atoms with Gasteiger partial charge in [0, 0.05) is 11.4 Å². The second-order valence-corrected chi connectivity index (χ2v) is 10.3. The zero-order chi connectivity index (χ0) is 15.7. The number of rotatable bonds is 4. The lowest BCUT2D eigenvalue weighted by molar-refractivity contribution is 0.232. The van der Waals surface area contributed by atoms with Crippen LogP contribution in [0.1, 0.15) is 45.4 Å². The Labute approximate surface area is 132 Å². The summed E-state index contributed by atoms with van der Waals surface area (Å²) in [6.45, 7) is 10.9. The van der Waals surface area contributed by atoms with Crippen molar-refractivity contribution in [2.45, 2.75) is 50.2 Å². The zero-order valence-electron chi connectivity index (χ0n) is 13.3. The van der Waals surface area contributed by atoms with Crippen LogP contribution in [0.4, 0.5) is 0 Å². The third-order valence-electron chi connectivity index (χ3n) is 4.09. The summed E-state index contributed by atoms with van der Waals surface area (Å²) >= 11 is 1.37. The molecular weight excluding hydrogens is 304 g/mol. The summed E-state index contributed by atoms with van der Waals surface area (Å²) < 4.78 is 28.1. The predicted molar refractivity (Wildman–Crippen MR) is 88.4 cm³/mol. The van der Waals surface area contributed by atoms with Gasteiger partial charge < -0.3 is 5.32 Å². The third-order valence-corrected chi connectivity index (χ3v) is 7.49. The molecule has 1 aliphatic heterocycles. The zero-order valence-corrected chi connectivity index (χ0v) is 15.0. The van der Waals surface area contributed by atoms with E-state index in [-0.39, 0.29) is 10.8 Å². The van der Waals surface area contributed by atoms with Crippen molar-refractivity contribution >= 4 is 21.4 Å². The molecule has 0 spiro atoms. The number of nitrogens with one attached hydrogen (secondary N) is 2. The summed E-state index contributed by atoms with van der Waals surface area (Å²) in [5.74, 6) is 0. The Bertz CT molecular complexity index is 579. The van der Waals surface area contributed by atoms with E-state index in [0.717, 1.165) is 30.8 Å². The average molecular weight is 331 g/mol. The molecule has 0 radical (unpaired) electrons. The van der Waals surface area contributed by atoms with Gasteiger partial charge in [-0.2, -0.15) is 0 Å². The van der Waals surface area contributed by atoms with Crippen LogP contribution in [0.3, 0.4) is 0 Å². The van der Waals surface area contributed by atoms with Crippen LogP contribution in [0.25, 0.3) is 0 Å².